The molecule has 1 aliphatic carbocycles. The molecule has 30 heavy (non-hydrogen) atoms. The number of anilines is 1. The number of carbonyl (C=O) groups excluding carboxylic acids is 1. The van der Waals surface area contributed by atoms with Gasteiger partial charge in [-0.15, -0.1) is 0 Å². The summed E-state index contributed by atoms with van der Waals surface area (Å²) in [4.78, 5) is 15.2. The van der Waals surface area contributed by atoms with Gasteiger partial charge in [-0.1, -0.05) is 48.0 Å². The molecule has 0 saturated heterocycles. The fourth-order valence-corrected chi connectivity index (χ4v) is 4.38. The van der Waals surface area contributed by atoms with E-state index in [9.17, 15) is 13.2 Å². The summed E-state index contributed by atoms with van der Waals surface area (Å²) in [7, 11) is -3.66. The molecule has 0 atom stereocenters. The Morgan fingerprint density at radius 3 is 2.17 bits per heavy atom. The van der Waals surface area contributed by atoms with Crippen LogP contribution in [0.15, 0.2) is 83.8 Å². The third-order valence-electron chi connectivity index (χ3n) is 5.16. The highest BCUT2D eigenvalue weighted by Gasteiger charge is 2.33. The van der Waals surface area contributed by atoms with Crippen molar-refractivity contribution in [2.45, 2.75) is 37.2 Å². The molecule has 3 aromatic carbocycles. The van der Waals surface area contributed by atoms with Crippen LogP contribution < -0.4 is 4.72 Å². The smallest absolute Gasteiger partial charge is 0.261 e. The fourth-order valence-electron chi connectivity index (χ4n) is 3.30. The molecule has 1 saturated carbocycles. The first kappa shape index (κ1) is 20.2. The van der Waals surface area contributed by atoms with E-state index in [0.717, 1.165) is 18.4 Å². The van der Waals surface area contributed by atoms with Crippen LogP contribution in [-0.4, -0.2) is 25.3 Å². The molecule has 4 rings (SSSR count). The summed E-state index contributed by atoms with van der Waals surface area (Å²) in [6, 6.07) is 23.3. The zero-order valence-corrected chi connectivity index (χ0v) is 17.6. The third-order valence-corrected chi connectivity index (χ3v) is 6.56. The lowest BCUT2D eigenvalue weighted by Gasteiger charge is -2.23. The Labute approximate surface area is 177 Å². The molecule has 1 fully saturated rings. The number of rotatable bonds is 7. The van der Waals surface area contributed by atoms with Crippen molar-refractivity contribution in [3.8, 4) is 0 Å². The van der Waals surface area contributed by atoms with Crippen LogP contribution in [0.5, 0.6) is 0 Å². The van der Waals surface area contributed by atoms with Crippen molar-refractivity contribution in [3.05, 3.63) is 95.6 Å². The van der Waals surface area contributed by atoms with Gasteiger partial charge in [0.1, 0.15) is 0 Å². The number of hydrogen-bond donors (Lipinski definition) is 1. The molecule has 1 N–H and O–H groups in total. The van der Waals surface area contributed by atoms with Crippen molar-refractivity contribution in [1.29, 1.82) is 0 Å². The second kappa shape index (κ2) is 8.32. The number of amides is 1. The van der Waals surface area contributed by atoms with Crippen LogP contribution in [0.1, 0.15) is 34.3 Å². The number of aryl methyl sites for hydroxylation is 1. The maximum atomic E-state index is 13.1. The maximum absolute atomic E-state index is 13.1. The van der Waals surface area contributed by atoms with E-state index in [4.69, 9.17) is 0 Å². The Hall–Kier alpha value is -3.12. The first-order valence-corrected chi connectivity index (χ1v) is 11.5. The molecule has 6 heteroatoms. The van der Waals surface area contributed by atoms with Crippen molar-refractivity contribution in [3.63, 3.8) is 0 Å². The first-order chi connectivity index (χ1) is 14.4. The van der Waals surface area contributed by atoms with Crippen molar-refractivity contribution in [1.82, 2.24) is 4.90 Å². The number of nitrogens with zero attached hydrogens (tertiary/aromatic N) is 1. The molecule has 0 radical (unpaired) electrons. The van der Waals surface area contributed by atoms with E-state index in [1.807, 2.05) is 11.8 Å². The van der Waals surface area contributed by atoms with E-state index in [1.54, 1.807) is 54.6 Å². The van der Waals surface area contributed by atoms with Gasteiger partial charge in [-0.2, -0.15) is 0 Å². The number of hydrogen-bond acceptors (Lipinski definition) is 3. The highest BCUT2D eigenvalue weighted by Crippen LogP contribution is 2.30. The summed E-state index contributed by atoms with van der Waals surface area (Å²) in [6.07, 6.45) is 2.04. The zero-order chi connectivity index (χ0) is 21.1. The van der Waals surface area contributed by atoms with Gasteiger partial charge in [0.2, 0.25) is 0 Å². The van der Waals surface area contributed by atoms with E-state index in [0.29, 0.717) is 17.8 Å². The van der Waals surface area contributed by atoms with Crippen LogP contribution in [0.4, 0.5) is 5.69 Å². The van der Waals surface area contributed by atoms with E-state index in [1.165, 1.54) is 5.56 Å². The molecule has 0 heterocycles. The van der Waals surface area contributed by atoms with Crippen molar-refractivity contribution in [2.75, 3.05) is 4.72 Å². The van der Waals surface area contributed by atoms with Crippen LogP contribution in [0.3, 0.4) is 0 Å². The molecule has 0 aromatic heterocycles. The highest BCUT2D eigenvalue weighted by molar-refractivity contribution is 7.92. The Morgan fingerprint density at radius 1 is 0.933 bits per heavy atom. The maximum Gasteiger partial charge on any atom is 0.261 e. The van der Waals surface area contributed by atoms with Gasteiger partial charge < -0.3 is 4.90 Å². The standard InChI is InChI=1S/C24H24N2O3S/c1-18-7-9-19(10-8-18)17-26(22-15-16-22)24(27)20-11-13-21(14-12-20)25-30(28,29)23-5-3-2-4-6-23/h2-14,22,25H,15-17H2,1H3. The molecule has 3 aromatic rings. The summed E-state index contributed by atoms with van der Waals surface area (Å²) < 4.78 is 27.5. The minimum absolute atomic E-state index is 0.0319. The molecule has 0 unspecified atom stereocenters. The Kier molecular flexibility index (Phi) is 5.59. The summed E-state index contributed by atoms with van der Waals surface area (Å²) in [5.41, 5.74) is 3.27. The molecular weight excluding hydrogens is 396 g/mol. The molecule has 0 aliphatic heterocycles. The topological polar surface area (TPSA) is 66.5 Å². The minimum atomic E-state index is -3.66. The lowest BCUT2D eigenvalue weighted by atomic mass is 10.1. The highest BCUT2D eigenvalue weighted by atomic mass is 32.2. The lowest BCUT2D eigenvalue weighted by Crippen LogP contribution is -2.32. The van der Waals surface area contributed by atoms with E-state index < -0.39 is 10.0 Å². The second-order valence-electron chi connectivity index (χ2n) is 7.65. The number of benzene rings is 3. The van der Waals surface area contributed by atoms with Crippen molar-refractivity contribution in [2.24, 2.45) is 0 Å². The van der Waals surface area contributed by atoms with Gasteiger partial charge in [0, 0.05) is 23.8 Å². The van der Waals surface area contributed by atoms with Crippen molar-refractivity contribution >= 4 is 21.6 Å². The van der Waals surface area contributed by atoms with Crippen LogP contribution in [0, 0.1) is 6.92 Å². The van der Waals surface area contributed by atoms with Gasteiger partial charge in [0.25, 0.3) is 15.9 Å². The summed E-state index contributed by atoms with van der Waals surface area (Å²) in [6.45, 7) is 2.62. The summed E-state index contributed by atoms with van der Waals surface area (Å²) >= 11 is 0. The fraction of sp³-hybridized carbons (Fsp3) is 0.208. The number of sulfonamides is 1. The average molecular weight is 421 g/mol. The minimum Gasteiger partial charge on any atom is -0.331 e. The van der Waals surface area contributed by atoms with Crippen LogP contribution in [-0.2, 0) is 16.6 Å². The molecule has 154 valence electrons. The second-order valence-corrected chi connectivity index (χ2v) is 9.33. The van der Waals surface area contributed by atoms with E-state index in [2.05, 4.69) is 29.0 Å². The van der Waals surface area contributed by atoms with Gasteiger partial charge >= 0.3 is 0 Å². The molecule has 1 amide bonds. The van der Waals surface area contributed by atoms with Crippen LogP contribution in [0.25, 0.3) is 0 Å². The Bertz CT molecular complexity index is 1120. The SMILES string of the molecule is Cc1ccc(CN(C(=O)c2ccc(NS(=O)(=O)c3ccccc3)cc2)C2CC2)cc1. The third kappa shape index (κ3) is 4.71. The quantitative estimate of drug-likeness (QED) is 0.607. The lowest BCUT2D eigenvalue weighted by molar-refractivity contribution is 0.0730. The van der Waals surface area contributed by atoms with Gasteiger partial charge in [-0.3, -0.25) is 9.52 Å². The molecular formula is C24H24N2O3S. The molecule has 0 spiro atoms. The Morgan fingerprint density at radius 2 is 1.57 bits per heavy atom. The first-order valence-electron chi connectivity index (χ1n) is 9.97. The number of nitrogens with one attached hydrogen (secondary N) is 1. The van der Waals surface area contributed by atoms with E-state index >= 15 is 0 Å². The summed E-state index contributed by atoms with van der Waals surface area (Å²) in [5, 5.41) is 0. The Balaban J connectivity index is 1.48. The van der Waals surface area contributed by atoms with Gasteiger partial charge in [0.05, 0.1) is 4.90 Å². The number of carbonyl (C=O) groups is 1. The monoisotopic (exact) mass is 420 g/mol. The molecule has 0 bridgehead atoms. The van der Waals surface area contributed by atoms with Crippen LogP contribution in [0.2, 0.25) is 0 Å². The van der Waals surface area contributed by atoms with Crippen LogP contribution >= 0.6 is 0 Å². The average Bonchev–Trinajstić information content (AvgIpc) is 3.59. The van der Waals surface area contributed by atoms with Crippen molar-refractivity contribution < 1.29 is 13.2 Å². The normalized spacial score (nSPS) is 13.6. The van der Waals surface area contributed by atoms with Gasteiger partial charge in [-0.05, 0) is 61.7 Å². The summed E-state index contributed by atoms with van der Waals surface area (Å²) in [5.74, 6) is -0.0319. The van der Waals surface area contributed by atoms with Gasteiger partial charge in [-0.25, -0.2) is 8.42 Å². The zero-order valence-electron chi connectivity index (χ0n) is 16.8. The largest absolute Gasteiger partial charge is 0.331 e. The predicted molar refractivity (Wildman–Crippen MR) is 118 cm³/mol. The molecule has 1 aliphatic rings. The molecule has 5 nitrogen and oxygen atoms in total. The van der Waals surface area contributed by atoms with E-state index in [-0.39, 0.29) is 16.8 Å². The predicted octanol–water partition coefficient (Wildman–Crippen LogP) is 4.60. The van der Waals surface area contributed by atoms with Gasteiger partial charge in [0.15, 0.2) is 0 Å².